The third-order valence-corrected chi connectivity index (χ3v) is 9.53. The summed E-state index contributed by atoms with van der Waals surface area (Å²) in [5.41, 5.74) is 3.36. The summed E-state index contributed by atoms with van der Waals surface area (Å²) in [4.78, 5) is 13.1. The smallest absolute Gasteiger partial charge is 0.343 e. The molecule has 38 heavy (non-hydrogen) atoms. The largest absolute Gasteiger partial charge is 0.421 e. The van der Waals surface area contributed by atoms with Crippen molar-refractivity contribution in [2.75, 3.05) is 0 Å². The van der Waals surface area contributed by atoms with E-state index in [1.165, 1.54) is 44.9 Å². The summed E-state index contributed by atoms with van der Waals surface area (Å²) in [6, 6.07) is 13.2. The predicted octanol–water partition coefficient (Wildman–Crippen LogP) is 9.21. The van der Waals surface area contributed by atoms with Gasteiger partial charge in [-0.25, -0.2) is 4.79 Å². The number of carbonyl (C=O) groups is 1. The number of fused-ring (bicyclic) bond motifs is 3. The van der Waals surface area contributed by atoms with E-state index in [-0.39, 0.29) is 16.7 Å². The summed E-state index contributed by atoms with van der Waals surface area (Å²) in [5.74, 6) is -0.455. The Morgan fingerprint density at radius 1 is 0.895 bits per heavy atom. The molecule has 3 fully saturated rings. The molecular formula is C33H39ClN2O2. The summed E-state index contributed by atoms with van der Waals surface area (Å²) < 4.78 is 5.63. The molecular weight excluding hydrogens is 492 g/mol. The van der Waals surface area contributed by atoms with Crippen LogP contribution in [-0.4, -0.2) is 5.97 Å². The van der Waals surface area contributed by atoms with Crippen LogP contribution >= 0.6 is 11.6 Å². The van der Waals surface area contributed by atoms with Crippen molar-refractivity contribution >= 4 is 17.6 Å². The maximum absolute atomic E-state index is 13.1. The van der Waals surface area contributed by atoms with Gasteiger partial charge in [0.05, 0.1) is 11.1 Å². The lowest BCUT2D eigenvalue weighted by molar-refractivity contribution is 0.0306. The van der Waals surface area contributed by atoms with Crippen LogP contribution in [0.1, 0.15) is 130 Å². The van der Waals surface area contributed by atoms with Crippen LogP contribution in [0, 0.1) is 28.1 Å². The van der Waals surface area contributed by atoms with Gasteiger partial charge in [0.25, 0.3) is 0 Å². The van der Waals surface area contributed by atoms with Crippen molar-refractivity contribution in [3.05, 3.63) is 63.2 Å². The van der Waals surface area contributed by atoms with Gasteiger partial charge < -0.3 is 4.74 Å². The first-order valence-electron chi connectivity index (χ1n) is 14.4. The summed E-state index contributed by atoms with van der Waals surface area (Å²) >= 11 is 6.82. The predicted molar refractivity (Wildman–Crippen MR) is 151 cm³/mol. The SMILES string of the molecule is CCCCCc1ccc(OC(=O)c2ccc(C34CCC(CCCCC)(CC3)CC4)c(Cl)c2)c(C#N)c1C#N. The second-order valence-electron chi connectivity index (χ2n) is 11.5. The van der Waals surface area contributed by atoms with Gasteiger partial charge in [-0.15, -0.1) is 0 Å². The number of carbonyl (C=O) groups excluding carboxylic acids is 1. The molecule has 2 bridgehead atoms. The monoisotopic (exact) mass is 530 g/mol. The molecule has 0 spiro atoms. The van der Waals surface area contributed by atoms with Crippen LogP contribution in [0.3, 0.4) is 0 Å². The molecule has 0 aromatic heterocycles. The zero-order valence-corrected chi connectivity index (χ0v) is 23.6. The van der Waals surface area contributed by atoms with Crippen molar-refractivity contribution in [1.82, 2.24) is 0 Å². The number of benzene rings is 2. The summed E-state index contributed by atoms with van der Waals surface area (Å²) in [5, 5.41) is 20.1. The summed E-state index contributed by atoms with van der Waals surface area (Å²) in [6.07, 6.45) is 16.4. The van der Waals surface area contributed by atoms with Gasteiger partial charge in [0.15, 0.2) is 0 Å². The number of hydrogen-bond acceptors (Lipinski definition) is 4. The molecule has 3 aliphatic carbocycles. The Balaban J connectivity index is 1.48. The fourth-order valence-corrected chi connectivity index (χ4v) is 7.13. The Hall–Kier alpha value is -2.82. The lowest BCUT2D eigenvalue weighted by atomic mass is 9.51. The zero-order valence-electron chi connectivity index (χ0n) is 22.9. The minimum absolute atomic E-state index is 0.106. The molecule has 2 aromatic rings. The normalized spacial score (nSPS) is 22.0. The van der Waals surface area contributed by atoms with Crippen LogP contribution in [0.15, 0.2) is 30.3 Å². The highest BCUT2D eigenvalue weighted by molar-refractivity contribution is 6.31. The first kappa shape index (κ1) is 28.2. The number of hydrogen-bond donors (Lipinski definition) is 0. The minimum atomic E-state index is -0.572. The fraction of sp³-hybridized carbons (Fsp3) is 0.545. The Kier molecular flexibility index (Phi) is 9.17. The van der Waals surface area contributed by atoms with Crippen LogP contribution < -0.4 is 4.74 Å². The van der Waals surface area contributed by atoms with Crippen LogP contribution in [0.2, 0.25) is 5.02 Å². The number of aryl methyl sites for hydroxylation is 1. The van der Waals surface area contributed by atoms with Gasteiger partial charge in [0, 0.05) is 5.02 Å². The van der Waals surface area contributed by atoms with Crippen molar-refractivity contribution in [3.63, 3.8) is 0 Å². The van der Waals surface area contributed by atoms with Gasteiger partial charge >= 0.3 is 5.97 Å². The average molecular weight is 531 g/mol. The molecule has 4 nitrogen and oxygen atoms in total. The van der Waals surface area contributed by atoms with Crippen molar-refractivity contribution < 1.29 is 9.53 Å². The third kappa shape index (κ3) is 5.77. The fourth-order valence-electron chi connectivity index (χ4n) is 6.75. The number of ether oxygens (including phenoxy) is 1. The summed E-state index contributed by atoms with van der Waals surface area (Å²) in [6.45, 7) is 4.39. The third-order valence-electron chi connectivity index (χ3n) is 9.22. The van der Waals surface area contributed by atoms with E-state index in [1.807, 2.05) is 6.07 Å². The molecule has 3 saturated carbocycles. The lowest BCUT2D eigenvalue weighted by Gasteiger charge is -2.54. The Morgan fingerprint density at radius 2 is 1.55 bits per heavy atom. The number of nitriles is 2. The summed E-state index contributed by atoms with van der Waals surface area (Å²) in [7, 11) is 0. The number of halogens is 1. The maximum atomic E-state index is 13.1. The van der Waals surface area contributed by atoms with Crippen LogP contribution in [-0.2, 0) is 11.8 Å². The number of rotatable bonds is 11. The molecule has 200 valence electrons. The van der Waals surface area contributed by atoms with Crippen LogP contribution in [0.25, 0.3) is 0 Å². The topological polar surface area (TPSA) is 73.9 Å². The molecule has 2 aromatic carbocycles. The standard InChI is InChI=1S/C33H39ClN2O2/c1-3-5-7-9-24-11-13-30(27(23-36)26(24)22-35)38-31(37)25-10-12-28(29(34)21-25)33-18-15-32(16-19-33,17-20-33)14-8-6-4-2/h10-13,21H,3-9,14-20H2,1-2H3. The highest BCUT2D eigenvalue weighted by Crippen LogP contribution is 2.60. The van der Waals surface area contributed by atoms with Gasteiger partial charge in [0.1, 0.15) is 23.5 Å². The van der Waals surface area contributed by atoms with E-state index in [1.54, 1.807) is 24.3 Å². The van der Waals surface area contributed by atoms with Crippen molar-refractivity contribution in [2.24, 2.45) is 5.41 Å². The zero-order chi connectivity index (χ0) is 27.2. The van der Waals surface area contributed by atoms with Gasteiger partial charge in [-0.1, -0.05) is 69.7 Å². The number of esters is 1. The molecule has 0 atom stereocenters. The first-order valence-corrected chi connectivity index (χ1v) is 14.8. The molecule has 0 unspecified atom stereocenters. The van der Waals surface area contributed by atoms with E-state index >= 15 is 0 Å². The second-order valence-corrected chi connectivity index (χ2v) is 11.9. The van der Waals surface area contributed by atoms with Crippen molar-refractivity contribution in [1.29, 1.82) is 10.5 Å². The Morgan fingerprint density at radius 3 is 2.16 bits per heavy atom. The van der Waals surface area contributed by atoms with Gasteiger partial charge in [-0.3, -0.25) is 0 Å². The molecule has 5 heteroatoms. The molecule has 0 saturated heterocycles. The molecule has 0 amide bonds. The number of nitrogens with zero attached hydrogens (tertiary/aromatic N) is 2. The second kappa shape index (κ2) is 12.4. The van der Waals surface area contributed by atoms with Crippen LogP contribution in [0.5, 0.6) is 5.75 Å². The van der Waals surface area contributed by atoms with E-state index in [4.69, 9.17) is 16.3 Å². The van der Waals surface area contributed by atoms with Crippen molar-refractivity contribution in [3.8, 4) is 17.9 Å². The van der Waals surface area contributed by atoms with Gasteiger partial charge in [-0.2, -0.15) is 10.5 Å². The highest BCUT2D eigenvalue weighted by Gasteiger charge is 2.49. The van der Waals surface area contributed by atoms with Crippen molar-refractivity contribution in [2.45, 2.75) is 109 Å². The number of unbranched alkanes of at least 4 members (excludes halogenated alkanes) is 4. The van der Waals surface area contributed by atoms with Gasteiger partial charge in [-0.05, 0) is 97.9 Å². The van der Waals surface area contributed by atoms with E-state index in [0.29, 0.717) is 21.6 Å². The van der Waals surface area contributed by atoms with E-state index < -0.39 is 5.97 Å². The van der Waals surface area contributed by atoms with Gasteiger partial charge in [0.2, 0.25) is 0 Å². The highest BCUT2D eigenvalue weighted by atomic mass is 35.5. The molecule has 5 rings (SSSR count). The quantitative estimate of drug-likeness (QED) is 0.165. The Labute approximate surface area is 233 Å². The van der Waals surface area contributed by atoms with Crippen LogP contribution in [0.4, 0.5) is 0 Å². The van der Waals surface area contributed by atoms with E-state index in [0.717, 1.165) is 56.1 Å². The maximum Gasteiger partial charge on any atom is 0.343 e. The molecule has 0 aliphatic heterocycles. The van der Waals surface area contributed by atoms with E-state index in [9.17, 15) is 15.3 Å². The molecule has 0 heterocycles. The minimum Gasteiger partial charge on any atom is -0.421 e. The molecule has 0 N–H and O–H groups in total. The first-order chi connectivity index (χ1) is 18.4. The molecule has 3 aliphatic rings. The Bertz CT molecular complexity index is 1230. The lowest BCUT2D eigenvalue weighted by Crippen LogP contribution is -2.44. The van der Waals surface area contributed by atoms with E-state index in [2.05, 4.69) is 26.0 Å². The average Bonchev–Trinajstić information content (AvgIpc) is 2.94. The molecule has 0 radical (unpaired) electrons.